The molecule has 0 saturated carbocycles. The number of likely N-dealkylation sites (tertiary alicyclic amines) is 2. The summed E-state index contributed by atoms with van der Waals surface area (Å²) in [4.78, 5) is 38.7. The first-order valence-electron chi connectivity index (χ1n) is 8.94. The molecule has 0 aromatic carbocycles. The van der Waals surface area contributed by atoms with Gasteiger partial charge in [0.25, 0.3) is 5.91 Å². The van der Waals surface area contributed by atoms with E-state index in [0.29, 0.717) is 29.8 Å². The van der Waals surface area contributed by atoms with Crippen LogP contribution in [-0.2, 0) is 4.79 Å². The monoisotopic (exact) mass is 345 g/mol. The van der Waals surface area contributed by atoms with Gasteiger partial charge in [-0.25, -0.2) is 9.97 Å². The van der Waals surface area contributed by atoms with Gasteiger partial charge in [0.05, 0.1) is 12.1 Å². The van der Waals surface area contributed by atoms with Crippen LogP contribution in [0, 0.1) is 18.8 Å². The fourth-order valence-electron chi connectivity index (χ4n) is 3.74. The number of aryl methyl sites for hydroxylation is 1. The molecule has 0 aliphatic carbocycles. The second kappa shape index (κ2) is 7.47. The number of nitrogens with zero attached hydrogens (tertiary/aromatic N) is 5. The molecule has 0 spiro atoms. The maximum atomic E-state index is 12.7. The van der Waals surface area contributed by atoms with Crippen LogP contribution < -0.4 is 0 Å². The van der Waals surface area contributed by atoms with Crippen molar-refractivity contribution in [2.45, 2.75) is 19.8 Å². The minimum Gasteiger partial charge on any atom is -0.348 e. The Balaban J connectivity index is 1.56. The van der Waals surface area contributed by atoms with E-state index in [0.717, 1.165) is 39.0 Å². The maximum Gasteiger partial charge on any atom is 0.257 e. The number of fused-ring (bicyclic) bond motifs is 1. The zero-order valence-electron chi connectivity index (χ0n) is 15.3. The number of rotatable bonds is 3. The lowest BCUT2D eigenvalue weighted by Crippen LogP contribution is -2.37. The molecular weight excluding hydrogens is 318 g/mol. The highest BCUT2D eigenvalue weighted by molar-refractivity contribution is 5.93. The standard InChI is InChI=1S/C18H27N5O2/c1-13-19-8-16(9-20-13)18(25)23-10-14-4-6-22(7-5-15(14)11-23)12-17(24)21(2)3/h8-9,14-15H,4-7,10-12H2,1-3H3/t14-,15+. The number of aromatic nitrogens is 2. The Bertz CT molecular complexity index is 615. The van der Waals surface area contributed by atoms with Gasteiger partial charge >= 0.3 is 0 Å². The van der Waals surface area contributed by atoms with E-state index in [9.17, 15) is 9.59 Å². The SMILES string of the molecule is Cc1ncc(C(=O)N2C[C@H]3CCN(CC(=O)N(C)C)CC[C@H]3C2)cn1. The third-order valence-corrected chi connectivity index (χ3v) is 5.38. The molecule has 7 nitrogen and oxygen atoms in total. The Morgan fingerprint density at radius 2 is 1.68 bits per heavy atom. The van der Waals surface area contributed by atoms with Gasteiger partial charge in [-0.2, -0.15) is 0 Å². The summed E-state index contributed by atoms with van der Waals surface area (Å²) < 4.78 is 0. The van der Waals surface area contributed by atoms with Crippen LogP contribution in [0.5, 0.6) is 0 Å². The summed E-state index contributed by atoms with van der Waals surface area (Å²) in [5.74, 6) is 1.91. The fraction of sp³-hybridized carbons (Fsp3) is 0.667. The molecule has 136 valence electrons. The highest BCUT2D eigenvalue weighted by atomic mass is 16.2. The van der Waals surface area contributed by atoms with E-state index in [2.05, 4.69) is 14.9 Å². The third kappa shape index (κ3) is 4.15. The number of hydrogen-bond donors (Lipinski definition) is 0. The zero-order chi connectivity index (χ0) is 18.0. The summed E-state index contributed by atoms with van der Waals surface area (Å²) in [5.41, 5.74) is 0.570. The molecule has 0 bridgehead atoms. The van der Waals surface area contributed by atoms with Crippen LogP contribution in [0.25, 0.3) is 0 Å². The van der Waals surface area contributed by atoms with Gasteiger partial charge in [-0.15, -0.1) is 0 Å². The van der Waals surface area contributed by atoms with Crippen LogP contribution in [0.15, 0.2) is 12.4 Å². The smallest absolute Gasteiger partial charge is 0.257 e. The molecule has 25 heavy (non-hydrogen) atoms. The second-order valence-corrected chi connectivity index (χ2v) is 7.39. The average molecular weight is 345 g/mol. The van der Waals surface area contributed by atoms with Crippen LogP contribution in [0.4, 0.5) is 0 Å². The Kier molecular flexibility index (Phi) is 5.32. The Hall–Kier alpha value is -2.02. The summed E-state index contributed by atoms with van der Waals surface area (Å²) in [6.45, 7) is 5.76. The van der Waals surface area contributed by atoms with E-state index in [1.807, 2.05) is 11.8 Å². The first-order valence-corrected chi connectivity index (χ1v) is 8.94. The minimum atomic E-state index is 0.0349. The molecule has 0 N–H and O–H groups in total. The third-order valence-electron chi connectivity index (χ3n) is 5.38. The lowest BCUT2D eigenvalue weighted by Gasteiger charge is -2.23. The molecule has 2 amide bonds. The Morgan fingerprint density at radius 1 is 1.12 bits per heavy atom. The molecule has 2 aliphatic heterocycles. The van der Waals surface area contributed by atoms with Crippen molar-refractivity contribution in [2.75, 3.05) is 46.8 Å². The molecule has 3 rings (SSSR count). The molecule has 2 fully saturated rings. The number of carbonyl (C=O) groups excluding carboxylic acids is 2. The molecule has 0 unspecified atom stereocenters. The van der Waals surface area contributed by atoms with Crippen molar-refractivity contribution in [1.82, 2.24) is 24.7 Å². The van der Waals surface area contributed by atoms with Crippen molar-refractivity contribution in [3.05, 3.63) is 23.8 Å². The highest BCUT2D eigenvalue weighted by Crippen LogP contribution is 2.32. The van der Waals surface area contributed by atoms with Gasteiger partial charge in [0.15, 0.2) is 0 Å². The predicted molar refractivity (Wildman–Crippen MR) is 94.0 cm³/mol. The van der Waals surface area contributed by atoms with Crippen molar-refractivity contribution in [3.8, 4) is 0 Å². The Labute approximate surface area is 149 Å². The molecule has 1 aromatic heterocycles. The quantitative estimate of drug-likeness (QED) is 0.805. The molecular formula is C18H27N5O2. The topological polar surface area (TPSA) is 69.6 Å². The van der Waals surface area contributed by atoms with Gasteiger partial charge in [-0.05, 0) is 44.7 Å². The van der Waals surface area contributed by atoms with Gasteiger partial charge in [0, 0.05) is 39.6 Å². The van der Waals surface area contributed by atoms with Gasteiger partial charge < -0.3 is 9.80 Å². The number of carbonyl (C=O) groups is 2. The number of amides is 2. The normalized spacial score (nSPS) is 23.9. The van der Waals surface area contributed by atoms with E-state index < -0.39 is 0 Å². The molecule has 2 saturated heterocycles. The van der Waals surface area contributed by atoms with Gasteiger partial charge in [-0.3, -0.25) is 14.5 Å². The van der Waals surface area contributed by atoms with Crippen molar-refractivity contribution in [2.24, 2.45) is 11.8 Å². The van der Waals surface area contributed by atoms with E-state index in [1.54, 1.807) is 31.4 Å². The summed E-state index contributed by atoms with van der Waals surface area (Å²) in [6, 6.07) is 0. The van der Waals surface area contributed by atoms with E-state index in [1.165, 1.54) is 0 Å². The lowest BCUT2D eigenvalue weighted by atomic mass is 9.92. The van der Waals surface area contributed by atoms with Crippen LogP contribution in [-0.4, -0.2) is 83.3 Å². The van der Waals surface area contributed by atoms with Crippen molar-refractivity contribution in [3.63, 3.8) is 0 Å². The zero-order valence-corrected chi connectivity index (χ0v) is 15.3. The van der Waals surface area contributed by atoms with E-state index in [4.69, 9.17) is 0 Å². The number of hydrogen-bond acceptors (Lipinski definition) is 5. The Morgan fingerprint density at radius 3 is 2.20 bits per heavy atom. The summed E-state index contributed by atoms with van der Waals surface area (Å²) in [6.07, 6.45) is 5.32. The molecule has 3 heterocycles. The first kappa shape index (κ1) is 17.8. The van der Waals surface area contributed by atoms with Gasteiger partial charge in [0.1, 0.15) is 5.82 Å². The number of likely N-dealkylation sites (N-methyl/N-ethyl adjacent to an activating group) is 1. The summed E-state index contributed by atoms with van der Waals surface area (Å²) in [7, 11) is 3.60. The van der Waals surface area contributed by atoms with Crippen LogP contribution in [0.2, 0.25) is 0 Å². The van der Waals surface area contributed by atoms with Crippen molar-refractivity contribution in [1.29, 1.82) is 0 Å². The maximum absolute atomic E-state index is 12.7. The van der Waals surface area contributed by atoms with Crippen LogP contribution >= 0.6 is 0 Å². The largest absolute Gasteiger partial charge is 0.348 e. The average Bonchev–Trinajstić information content (AvgIpc) is 2.91. The summed E-state index contributed by atoms with van der Waals surface area (Å²) in [5, 5.41) is 0. The second-order valence-electron chi connectivity index (χ2n) is 7.39. The minimum absolute atomic E-state index is 0.0349. The first-order chi connectivity index (χ1) is 11.9. The van der Waals surface area contributed by atoms with E-state index in [-0.39, 0.29) is 11.8 Å². The van der Waals surface area contributed by atoms with Crippen molar-refractivity contribution < 1.29 is 9.59 Å². The molecule has 2 atom stereocenters. The predicted octanol–water partition coefficient (Wildman–Crippen LogP) is 0.657. The lowest BCUT2D eigenvalue weighted by molar-refractivity contribution is -0.129. The molecule has 7 heteroatoms. The fourth-order valence-corrected chi connectivity index (χ4v) is 3.74. The van der Waals surface area contributed by atoms with E-state index >= 15 is 0 Å². The van der Waals surface area contributed by atoms with Gasteiger partial charge in [0.2, 0.25) is 5.91 Å². The summed E-state index contributed by atoms with van der Waals surface area (Å²) >= 11 is 0. The highest BCUT2D eigenvalue weighted by Gasteiger charge is 2.37. The van der Waals surface area contributed by atoms with Crippen molar-refractivity contribution >= 4 is 11.8 Å². The van der Waals surface area contributed by atoms with Gasteiger partial charge in [-0.1, -0.05) is 0 Å². The van der Waals surface area contributed by atoms with Crippen LogP contribution in [0.3, 0.4) is 0 Å². The molecule has 2 aliphatic rings. The van der Waals surface area contributed by atoms with Crippen LogP contribution in [0.1, 0.15) is 29.0 Å². The molecule has 0 radical (unpaired) electrons. The molecule has 1 aromatic rings.